The van der Waals surface area contributed by atoms with Gasteiger partial charge in [-0.1, -0.05) is 0 Å². The summed E-state index contributed by atoms with van der Waals surface area (Å²) in [4.78, 5) is 30.8. The van der Waals surface area contributed by atoms with Gasteiger partial charge in [-0.3, -0.25) is 15.2 Å². The molecule has 1 aromatic carbocycles. The fourth-order valence-electron chi connectivity index (χ4n) is 6.86. The highest BCUT2D eigenvalue weighted by Gasteiger charge is 2.33. The number of amides is 1. The Balaban J connectivity index is 1.27. The summed E-state index contributed by atoms with van der Waals surface area (Å²) in [6.45, 7) is 8.54. The van der Waals surface area contributed by atoms with Crippen molar-refractivity contribution in [3.05, 3.63) is 40.7 Å². The van der Waals surface area contributed by atoms with Crippen LogP contribution in [0.1, 0.15) is 63.1 Å². The van der Waals surface area contributed by atoms with Crippen molar-refractivity contribution in [2.24, 2.45) is 0 Å². The normalized spacial score (nSPS) is 19.7. The predicted molar refractivity (Wildman–Crippen MR) is 178 cm³/mol. The van der Waals surface area contributed by atoms with E-state index >= 15 is 8.78 Å². The van der Waals surface area contributed by atoms with Crippen LogP contribution in [-0.2, 0) is 27.4 Å². The molecule has 0 saturated carbocycles. The summed E-state index contributed by atoms with van der Waals surface area (Å²) in [5, 5.41) is 13.5. The number of nitriles is 1. The molecule has 252 valence electrons. The van der Waals surface area contributed by atoms with Gasteiger partial charge in [0, 0.05) is 54.8 Å². The van der Waals surface area contributed by atoms with Crippen LogP contribution in [-0.4, -0.2) is 77.0 Å². The number of carbonyl (C=O) groups is 1. The topological polar surface area (TPSA) is 126 Å². The number of halogens is 2. The second-order valence-corrected chi connectivity index (χ2v) is 14.6. The molecule has 6 heterocycles. The Bertz CT molecular complexity index is 1950. The highest BCUT2D eigenvalue weighted by Crippen LogP contribution is 2.46. The second-order valence-electron chi connectivity index (χ2n) is 13.6. The van der Waals surface area contributed by atoms with Gasteiger partial charge in [-0.25, -0.2) is 23.5 Å². The quantitative estimate of drug-likeness (QED) is 0.241. The minimum absolute atomic E-state index is 0.0377. The zero-order chi connectivity index (χ0) is 33.7. The minimum atomic E-state index is -0.798. The number of hydrogen-bond acceptors (Lipinski definition) is 11. The lowest BCUT2D eigenvalue weighted by atomic mass is 9.94. The molecule has 1 amide bonds. The molecule has 1 unspecified atom stereocenters. The SMILES string of the molecule is CN(CC1CCCCO1)[C@H]1CCN(c2ncc3c4c(c(-c5ncc(F)c6sc(NC(=O)OC(C)(C)C)c(C#N)c56)c(F)c3n2)COC4)C1. The van der Waals surface area contributed by atoms with E-state index in [0.717, 1.165) is 62.1 Å². The van der Waals surface area contributed by atoms with E-state index in [1.54, 1.807) is 27.0 Å². The molecule has 4 aromatic rings. The van der Waals surface area contributed by atoms with Crippen LogP contribution in [0.4, 0.5) is 24.5 Å². The van der Waals surface area contributed by atoms with Crippen LogP contribution in [0.15, 0.2) is 12.4 Å². The fraction of sp³-hybridized carbons (Fsp3) is 0.500. The van der Waals surface area contributed by atoms with Crippen LogP contribution >= 0.6 is 11.3 Å². The smallest absolute Gasteiger partial charge is 0.412 e. The van der Waals surface area contributed by atoms with E-state index in [2.05, 4.69) is 38.2 Å². The van der Waals surface area contributed by atoms with Crippen LogP contribution in [0.2, 0.25) is 0 Å². The van der Waals surface area contributed by atoms with Gasteiger partial charge in [-0.05, 0) is 64.6 Å². The Morgan fingerprint density at radius 1 is 1.21 bits per heavy atom. The zero-order valence-corrected chi connectivity index (χ0v) is 28.2. The molecule has 1 N–H and O–H groups in total. The molecule has 14 heteroatoms. The molecule has 3 aliphatic rings. The highest BCUT2D eigenvalue weighted by atomic mass is 32.1. The lowest BCUT2D eigenvalue weighted by Crippen LogP contribution is -2.41. The number of benzene rings is 1. The van der Waals surface area contributed by atoms with E-state index in [4.69, 9.17) is 19.2 Å². The number of anilines is 2. The van der Waals surface area contributed by atoms with Crippen molar-refractivity contribution in [1.29, 1.82) is 5.26 Å². The molecule has 11 nitrogen and oxygen atoms in total. The minimum Gasteiger partial charge on any atom is -0.444 e. The van der Waals surface area contributed by atoms with Crippen molar-refractivity contribution in [3.8, 4) is 17.3 Å². The Morgan fingerprint density at radius 3 is 2.77 bits per heavy atom. The van der Waals surface area contributed by atoms with Crippen molar-refractivity contribution in [3.63, 3.8) is 0 Å². The van der Waals surface area contributed by atoms with E-state index in [1.165, 1.54) is 6.42 Å². The van der Waals surface area contributed by atoms with Gasteiger partial charge in [-0.15, -0.1) is 11.3 Å². The largest absolute Gasteiger partial charge is 0.444 e. The number of nitrogens with one attached hydrogen (secondary N) is 1. The lowest BCUT2D eigenvalue weighted by molar-refractivity contribution is -0.00675. The first-order chi connectivity index (χ1) is 23.0. The molecule has 3 aliphatic heterocycles. The number of ether oxygens (including phenoxy) is 3. The maximum absolute atomic E-state index is 16.9. The van der Waals surface area contributed by atoms with E-state index in [9.17, 15) is 10.1 Å². The Morgan fingerprint density at radius 2 is 2.02 bits per heavy atom. The molecular weight excluding hydrogens is 640 g/mol. The Hall–Kier alpha value is -4.03. The van der Waals surface area contributed by atoms with E-state index in [1.807, 2.05) is 0 Å². The third kappa shape index (κ3) is 6.04. The maximum Gasteiger partial charge on any atom is 0.412 e. The second kappa shape index (κ2) is 12.8. The van der Waals surface area contributed by atoms with Gasteiger partial charge in [0.25, 0.3) is 0 Å². The van der Waals surface area contributed by atoms with Gasteiger partial charge < -0.3 is 19.1 Å². The fourth-order valence-corrected chi connectivity index (χ4v) is 7.90. The van der Waals surface area contributed by atoms with Crippen LogP contribution in [0.3, 0.4) is 0 Å². The van der Waals surface area contributed by atoms with E-state index in [-0.39, 0.29) is 62.8 Å². The standard InChI is InChI=1S/C34H37F2N7O4S/c1-34(2,3)47-33(44)41-31-20(11-37)26-29(38-13-24(35)30(26)48-31)25-23-17-45-16-22(23)21-12-39-32(40-28(21)27(25)36)43-9-8-18(14-43)42(4)15-19-7-5-6-10-46-19/h12-13,18-19H,5-10,14-17H2,1-4H3,(H,41,44)/t18-,19?/m0/s1. The molecule has 3 aromatic heterocycles. The molecule has 0 bridgehead atoms. The molecule has 7 rings (SSSR count). The van der Waals surface area contributed by atoms with Crippen molar-refractivity contribution < 1.29 is 27.8 Å². The molecular formula is C34H37F2N7O4S. The average Bonchev–Trinajstić information content (AvgIpc) is 3.81. The van der Waals surface area contributed by atoms with Gasteiger partial charge in [0.1, 0.15) is 22.2 Å². The number of rotatable bonds is 6. The summed E-state index contributed by atoms with van der Waals surface area (Å²) >= 11 is 0.866. The number of fused-ring (bicyclic) bond motifs is 4. The third-order valence-electron chi connectivity index (χ3n) is 9.15. The number of hydrogen-bond donors (Lipinski definition) is 1. The van der Waals surface area contributed by atoms with E-state index < -0.39 is 23.3 Å². The number of carbonyl (C=O) groups excluding carboxylic acids is 1. The zero-order valence-electron chi connectivity index (χ0n) is 27.4. The Labute approximate surface area is 280 Å². The predicted octanol–water partition coefficient (Wildman–Crippen LogP) is 6.51. The van der Waals surface area contributed by atoms with Gasteiger partial charge in [0.05, 0.1) is 41.5 Å². The first-order valence-electron chi connectivity index (χ1n) is 16.2. The van der Waals surface area contributed by atoms with Crippen LogP contribution in [0, 0.1) is 23.0 Å². The first-order valence-corrected chi connectivity index (χ1v) is 17.0. The van der Waals surface area contributed by atoms with Gasteiger partial charge >= 0.3 is 6.09 Å². The van der Waals surface area contributed by atoms with Crippen molar-refractivity contribution >= 4 is 49.4 Å². The van der Waals surface area contributed by atoms with Gasteiger partial charge in [0.15, 0.2) is 11.6 Å². The van der Waals surface area contributed by atoms with Crippen LogP contribution < -0.4 is 10.2 Å². The van der Waals surface area contributed by atoms with E-state index in [0.29, 0.717) is 23.4 Å². The number of aromatic nitrogens is 3. The van der Waals surface area contributed by atoms with Crippen molar-refractivity contribution in [1.82, 2.24) is 19.9 Å². The Kier molecular flexibility index (Phi) is 8.65. The monoisotopic (exact) mass is 677 g/mol. The summed E-state index contributed by atoms with van der Waals surface area (Å²) in [5.41, 5.74) is 0.702. The summed E-state index contributed by atoms with van der Waals surface area (Å²) in [5.74, 6) is -0.933. The highest BCUT2D eigenvalue weighted by molar-refractivity contribution is 7.23. The molecule has 48 heavy (non-hydrogen) atoms. The maximum atomic E-state index is 16.9. The first kappa shape index (κ1) is 32.5. The summed E-state index contributed by atoms with van der Waals surface area (Å²) in [6.07, 6.45) is 6.39. The summed E-state index contributed by atoms with van der Waals surface area (Å²) in [7, 11) is 2.12. The number of pyridine rings is 1. The lowest BCUT2D eigenvalue weighted by Gasteiger charge is -2.31. The molecule has 0 radical (unpaired) electrons. The number of likely N-dealkylation sites (N-methyl/N-ethyl adjacent to an activating group) is 1. The molecule has 0 aliphatic carbocycles. The summed E-state index contributed by atoms with van der Waals surface area (Å²) in [6, 6.07) is 2.35. The van der Waals surface area contributed by atoms with Crippen LogP contribution in [0.5, 0.6) is 0 Å². The van der Waals surface area contributed by atoms with Gasteiger partial charge in [-0.2, -0.15) is 5.26 Å². The number of thiophene rings is 1. The number of nitrogens with zero attached hydrogens (tertiary/aromatic N) is 6. The van der Waals surface area contributed by atoms with Crippen molar-refractivity contribution in [2.75, 3.05) is 43.5 Å². The van der Waals surface area contributed by atoms with Crippen LogP contribution in [0.25, 0.3) is 32.2 Å². The average molecular weight is 678 g/mol. The summed E-state index contributed by atoms with van der Waals surface area (Å²) < 4.78 is 49.3. The molecule has 2 saturated heterocycles. The van der Waals surface area contributed by atoms with Gasteiger partial charge in [0.2, 0.25) is 5.95 Å². The molecule has 2 atom stereocenters. The third-order valence-corrected chi connectivity index (χ3v) is 10.3. The molecule has 0 spiro atoms. The molecule has 2 fully saturated rings. The van der Waals surface area contributed by atoms with Crippen molar-refractivity contribution in [2.45, 2.75) is 77.4 Å².